The number of nitrogens with zero attached hydrogens (tertiary/aromatic N) is 4. The lowest BCUT2D eigenvalue weighted by Crippen LogP contribution is -2.48. The van der Waals surface area contributed by atoms with Crippen LogP contribution in [0.4, 0.5) is 0 Å². The van der Waals surface area contributed by atoms with Crippen LogP contribution in [0.25, 0.3) is 5.69 Å². The molecule has 2 aromatic heterocycles. The second kappa shape index (κ2) is 9.33. The van der Waals surface area contributed by atoms with Crippen LogP contribution < -0.4 is 0 Å². The number of rotatable bonds is 3. The van der Waals surface area contributed by atoms with Gasteiger partial charge in [-0.05, 0) is 68.2 Å². The molecule has 1 spiro atoms. The topological polar surface area (TPSA) is 67.7 Å². The molecular weight excluding hydrogens is 484 g/mol. The van der Waals surface area contributed by atoms with Crippen molar-refractivity contribution in [3.05, 3.63) is 77.7 Å². The van der Waals surface area contributed by atoms with Crippen LogP contribution in [0.2, 0.25) is 0 Å². The molecule has 1 unspecified atom stereocenters. The van der Waals surface area contributed by atoms with E-state index in [0.29, 0.717) is 31.8 Å². The largest absolute Gasteiger partial charge is 0.354 e. The van der Waals surface area contributed by atoms with Crippen molar-refractivity contribution >= 4 is 23.6 Å². The molecule has 0 radical (unpaired) electrons. The van der Waals surface area contributed by atoms with Crippen LogP contribution in [0, 0.1) is 5.41 Å². The maximum Gasteiger partial charge on any atom is 0.260 e. The van der Waals surface area contributed by atoms with E-state index in [1.807, 2.05) is 65.6 Å². The van der Waals surface area contributed by atoms with Crippen LogP contribution >= 0.6 is 11.8 Å². The number of ether oxygens (including phenoxy) is 1. The highest BCUT2D eigenvalue weighted by molar-refractivity contribution is 7.98. The molecule has 3 aromatic rings. The van der Waals surface area contributed by atoms with Crippen LogP contribution in [0.15, 0.2) is 66.0 Å². The number of amides is 2. The SMILES string of the molecule is CSc1ncccc1C(=O)N1CCC2(CC1)CCN(C(=O)C1(C)OCc3ccccc3-n3cccc31)C2. The van der Waals surface area contributed by atoms with Gasteiger partial charge in [-0.15, -0.1) is 11.8 Å². The molecule has 8 heteroatoms. The lowest BCUT2D eigenvalue weighted by molar-refractivity contribution is -0.159. The summed E-state index contributed by atoms with van der Waals surface area (Å²) in [5, 5.41) is 0.772. The maximum absolute atomic E-state index is 14.1. The Balaban J connectivity index is 1.16. The molecule has 0 saturated carbocycles. The Kier molecular flexibility index (Phi) is 6.12. The third-order valence-electron chi connectivity index (χ3n) is 8.44. The van der Waals surface area contributed by atoms with Crippen LogP contribution in [-0.4, -0.2) is 63.6 Å². The number of likely N-dealkylation sites (tertiary alicyclic amines) is 2. The number of piperidine rings is 1. The summed E-state index contributed by atoms with van der Waals surface area (Å²) in [5.74, 6) is 0.0773. The Morgan fingerprint density at radius 1 is 0.973 bits per heavy atom. The summed E-state index contributed by atoms with van der Waals surface area (Å²) >= 11 is 1.50. The van der Waals surface area contributed by atoms with E-state index in [-0.39, 0.29) is 17.2 Å². The van der Waals surface area contributed by atoms with Crippen LogP contribution in [0.5, 0.6) is 0 Å². The van der Waals surface area contributed by atoms with E-state index in [2.05, 4.69) is 21.7 Å². The van der Waals surface area contributed by atoms with Gasteiger partial charge in [-0.25, -0.2) is 4.98 Å². The average molecular weight is 517 g/mol. The fourth-order valence-corrected chi connectivity index (χ4v) is 6.75. The number of carbonyl (C=O) groups is 2. The van der Waals surface area contributed by atoms with Gasteiger partial charge in [0.15, 0.2) is 5.60 Å². The van der Waals surface area contributed by atoms with Crippen molar-refractivity contribution in [2.75, 3.05) is 32.4 Å². The van der Waals surface area contributed by atoms with Crippen molar-refractivity contribution in [2.45, 2.75) is 43.4 Å². The fraction of sp³-hybridized carbons (Fsp3) is 0.414. The van der Waals surface area contributed by atoms with Crippen molar-refractivity contribution in [1.29, 1.82) is 0 Å². The summed E-state index contributed by atoms with van der Waals surface area (Å²) in [4.78, 5) is 35.6. The van der Waals surface area contributed by atoms with Gasteiger partial charge in [0.2, 0.25) is 0 Å². The van der Waals surface area contributed by atoms with E-state index in [1.165, 1.54) is 11.8 Å². The van der Waals surface area contributed by atoms with E-state index in [1.54, 1.807) is 6.20 Å². The van der Waals surface area contributed by atoms with E-state index >= 15 is 0 Å². The highest BCUT2D eigenvalue weighted by Crippen LogP contribution is 2.43. The molecule has 2 saturated heterocycles. The standard InChI is InChI=1S/C29H32N4O3S/c1-28(24-10-6-15-33(24)23-9-4-3-7-21(23)19-36-28)27(35)32-18-13-29(20-32)11-16-31(17-12-29)26(34)22-8-5-14-30-25(22)37-2/h3-10,14-15H,11-13,16-20H2,1-2H3. The van der Waals surface area contributed by atoms with Gasteiger partial charge in [0.25, 0.3) is 11.8 Å². The molecule has 192 valence electrons. The van der Waals surface area contributed by atoms with E-state index in [0.717, 1.165) is 47.8 Å². The molecule has 37 heavy (non-hydrogen) atoms. The summed E-state index contributed by atoms with van der Waals surface area (Å²) in [6.45, 7) is 5.14. The normalized spacial score (nSPS) is 22.4. The molecule has 3 aliphatic heterocycles. The first kappa shape index (κ1) is 24.2. The third kappa shape index (κ3) is 4.07. The summed E-state index contributed by atoms with van der Waals surface area (Å²) < 4.78 is 8.49. The van der Waals surface area contributed by atoms with E-state index < -0.39 is 5.60 Å². The van der Waals surface area contributed by atoms with Crippen LogP contribution in [0.3, 0.4) is 0 Å². The Labute approximate surface area is 221 Å². The number of thioether (sulfide) groups is 1. The first-order valence-electron chi connectivity index (χ1n) is 12.9. The molecule has 6 rings (SSSR count). The number of benzene rings is 1. The number of carbonyl (C=O) groups excluding carboxylic acids is 2. The first-order chi connectivity index (χ1) is 17.9. The number of hydrogen-bond donors (Lipinski definition) is 0. The summed E-state index contributed by atoms with van der Waals surface area (Å²) in [6.07, 6.45) is 8.44. The van der Waals surface area contributed by atoms with Gasteiger partial charge < -0.3 is 19.1 Å². The predicted octanol–water partition coefficient (Wildman–Crippen LogP) is 4.49. The first-order valence-corrected chi connectivity index (χ1v) is 14.1. The molecule has 0 N–H and O–H groups in total. The minimum atomic E-state index is -1.06. The molecule has 5 heterocycles. The summed E-state index contributed by atoms with van der Waals surface area (Å²) in [7, 11) is 0. The lowest BCUT2D eigenvalue weighted by Gasteiger charge is -2.40. The smallest absolute Gasteiger partial charge is 0.260 e. The van der Waals surface area contributed by atoms with Gasteiger partial charge in [0.1, 0.15) is 5.03 Å². The maximum atomic E-state index is 14.1. The number of para-hydroxylation sites is 1. The van der Waals surface area contributed by atoms with Gasteiger partial charge in [0, 0.05) is 44.1 Å². The second-order valence-electron chi connectivity index (χ2n) is 10.5. The monoisotopic (exact) mass is 516 g/mol. The van der Waals surface area contributed by atoms with E-state index in [9.17, 15) is 9.59 Å². The van der Waals surface area contributed by atoms with Crippen molar-refractivity contribution in [2.24, 2.45) is 5.41 Å². The second-order valence-corrected chi connectivity index (χ2v) is 11.3. The minimum Gasteiger partial charge on any atom is -0.354 e. The zero-order valence-electron chi connectivity index (χ0n) is 21.4. The Morgan fingerprint density at radius 2 is 1.73 bits per heavy atom. The summed E-state index contributed by atoms with van der Waals surface area (Å²) in [5.41, 5.74) is 2.67. The van der Waals surface area contributed by atoms with Crippen molar-refractivity contribution < 1.29 is 14.3 Å². The van der Waals surface area contributed by atoms with Crippen LogP contribution in [0.1, 0.15) is 47.8 Å². The summed E-state index contributed by atoms with van der Waals surface area (Å²) in [6, 6.07) is 15.8. The Bertz CT molecular complexity index is 1350. The number of hydrogen-bond acceptors (Lipinski definition) is 5. The quantitative estimate of drug-likeness (QED) is 0.480. The zero-order valence-corrected chi connectivity index (χ0v) is 22.2. The zero-order chi connectivity index (χ0) is 25.6. The number of aromatic nitrogens is 2. The molecule has 7 nitrogen and oxygen atoms in total. The average Bonchev–Trinajstić information content (AvgIpc) is 3.57. The third-order valence-corrected chi connectivity index (χ3v) is 9.16. The van der Waals surface area contributed by atoms with Crippen molar-refractivity contribution in [3.63, 3.8) is 0 Å². The van der Waals surface area contributed by atoms with Gasteiger partial charge >= 0.3 is 0 Å². The Hall–Kier alpha value is -3.10. The molecule has 1 atom stereocenters. The fourth-order valence-electron chi connectivity index (χ4n) is 6.20. The number of fused-ring (bicyclic) bond motifs is 3. The molecule has 2 amide bonds. The van der Waals surface area contributed by atoms with Crippen LogP contribution in [-0.2, 0) is 21.7 Å². The van der Waals surface area contributed by atoms with Crippen molar-refractivity contribution in [3.8, 4) is 5.69 Å². The Morgan fingerprint density at radius 3 is 2.51 bits per heavy atom. The van der Waals surface area contributed by atoms with Gasteiger partial charge in [-0.2, -0.15) is 0 Å². The van der Waals surface area contributed by atoms with E-state index in [4.69, 9.17) is 4.74 Å². The molecular formula is C29H32N4O3S. The van der Waals surface area contributed by atoms with Gasteiger partial charge in [0.05, 0.1) is 23.6 Å². The number of pyridine rings is 1. The highest BCUT2D eigenvalue weighted by atomic mass is 32.2. The molecule has 2 fully saturated rings. The molecule has 1 aromatic carbocycles. The van der Waals surface area contributed by atoms with Gasteiger partial charge in [-0.1, -0.05) is 18.2 Å². The molecule has 0 bridgehead atoms. The lowest BCUT2D eigenvalue weighted by atomic mass is 9.77. The minimum absolute atomic E-state index is 0.0237. The molecule has 3 aliphatic rings. The highest BCUT2D eigenvalue weighted by Gasteiger charge is 2.49. The predicted molar refractivity (Wildman–Crippen MR) is 143 cm³/mol. The van der Waals surface area contributed by atoms with Gasteiger partial charge in [-0.3, -0.25) is 9.59 Å². The van der Waals surface area contributed by atoms with Crippen molar-refractivity contribution in [1.82, 2.24) is 19.4 Å². The molecule has 0 aliphatic carbocycles.